The maximum absolute atomic E-state index is 12.1. The van der Waals surface area contributed by atoms with Gasteiger partial charge in [-0.2, -0.15) is 13.2 Å². The van der Waals surface area contributed by atoms with Gasteiger partial charge in [0.15, 0.2) is 0 Å². The molecule has 0 saturated heterocycles. The second-order valence-corrected chi connectivity index (χ2v) is 3.27. The standard InChI is InChI=1S/C11H9F3N2O2/c12-11(13,14)9(15)6-8(10(17)18)16-7-4-2-1-3-5-7/h1-6,15-16H,(H,17,18)/b8-6-,15-9?. The number of rotatable bonds is 4. The smallest absolute Gasteiger partial charge is 0.432 e. The lowest BCUT2D eigenvalue weighted by atomic mass is 10.2. The average molecular weight is 258 g/mol. The summed E-state index contributed by atoms with van der Waals surface area (Å²) in [6, 6.07) is 7.85. The van der Waals surface area contributed by atoms with Gasteiger partial charge in [0, 0.05) is 5.69 Å². The summed E-state index contributed by atoms with van der Waals surface area (Å²) in [7, 11) is 0. The van der Waals surface area contributed by atoms with Crippen molar-refractivity contribution in [3.05, 3.63) is 42.1 Å². The second-order valence-electron chi connectivity index (χ2n) is 3.27. The Kier molecular flexibility index (Phi) is 4.09. The van der Waals surface area contributed by atoms with Crippen molar-refractivity contribution in [2.45, 2.75) is 6.18 Å². The average Bonchev–Trinajstić information content (AvgIpc) is 2.28. The number of carboxylic acids is 1. The number of alkyl halides is 3. The van der Waals surface area contributed by atoms with Gasteiger partial charge in [0.25, 0.3) is 0 Å². The van der Waals surface area contributed by atoms with Crippen LogP contribution in [0.2, 0.25) is 0 Å². The minimum absolute atomic E-state index is 0.231. The molecule has 18 heavy (non-hydrogen) atoms. The van der Waals surface area contributed by atoms with Crippen LogP contribution >= 0.6 is 0 Å². The van der Waals surface area contributed by atoms with E-state index in [0.717, 1.165) is 0 Å². The zero-order valence-electron chi connectivity index (χ0n) is 8.95. The van der Waals surface area contributed by atoms with Crippen molar-refractivity contribution in [1.82, 2.24) is 0 Å². The van der Waals surface area contributed by atoms with E-state index in [2.05, 4.69) is 5.32 Å². The summed E-state index contributed by atoms with van der Waals surface area (Å²) in [5, 5.41) is 17.8. The summed E-state index contributed by atoms with van der Waals surface area (Å²) in [6.07, 6.45) is -4.64. The van der Waals surface area contributed by atoms with Crippen molar-refractivity contribution in [1.29, 1.82) is 5.41 Å². The van der Waals surface area contributed by atoms with Crippen molar-refractivity contribution in [3.8, 4) is 0 Å². The van der Waals surface area contributed by atoms with Crippen molar-refractivity contribution in [2.24, 2.45) is 0 Å². The number of carbonyl (C=O) groups is 1. The number of hydrogen-bond acceptors (Lipinski definition) is 3. The number of hydrogen-bond donors (Lipinski definition) is 3. The number of anilines is 1. The highest BCUT2D eigenvalue weighted by Gasteiger charge is 2.33. The minimum atomic E-state index is -4.88. The molecule has 0 aliphatic rings. The predicted molar refractivity (Wildman–Crippen MR) is 59.6 cm³/mol. The molecular weight excluding hydrogens is 249 g/mol. The Morgan fingerprint density at radius 1 is 1.28 bits per heavy atom. The van der Waals surface area contributed by atoms with E-state index in [1.54, 1.807) is 18.2 Å². The van der Waals surface area contributed by atoms with E-state index in [-0.39, 0.29) is 6.08 Å². The van der Waals surface area contributed by atoms with Crippen LogP contribution in [0.25, 0.3) is 0 Å². The number of benzene rings is 1. The quantitative estimate of drug-likeness (QED) is 0.574. The van der Waals surface area contributed by atoms with Gasteiger partial charge in [-0.1, -0.05) is 18.2 Å². The molecule has 0 atom stereocenters. The van der Waals surface area contributed by atoms with E-state index in [9.17, 15) is 18.0 Å². The van der Waals surface area contributed by atoms with Gasteiger partial charge < -0.3 is 10.4 Å². The lowest BCUT2D eigenvalue weighted by Gasteiger charge is -2.09. The predicted octanol–water partition coefficient (Wildman–Crippen LogP) is 2.65. The topological polar surface area (TPSA) is 73.2 Å². The molecule has 0 bridgehead atoms. The number of halogens is 3. The summed E-state index contributed by atoms with van der Waals surface area (Å²) in [6.45, 7) is 0. The molecule has 0 aromatic heterocycles. The molecule has 0 aliphatic carbocycles. The molecule has 7 heteroatoms. The van der Waals surface area contributed by atoms with Crippen LogP contribution in [0.15, 0.2) is 42.1 Å². The number of para-hydroxylation sites is 1. The van der Waals surface area contributed by atoms with Gasteiger partial charge in [-0.15, -0.1) is 0 Å². The van der Waals surface area contributed by atoms with Gasteiger partial charge in [0.05, 0.1) is 0 Å². The Morgan fingerprint density at radius 2 is 1.83 bits per heavy atom. The first-order valence-electron chi connectivity index (χ1n) is 4.73. The molecule has 0 aliphatic heterocycles. The molecular formula is C11H9F3N2O2. The van der Waals surface area contributed by atoms with Crippen molar-refractivity contribution in [2.75, 3.05) is 5.32 Å². The Morgan fingerprint density at radius 3 is 2.28 bits per heavy atom. The molecule has 96 valence electrons. The molecule has 0 heterocycles. The molecule has 1 aromatic rings. The summed E-state index contributed by atoms with van der Waals surface area (Å²) in [4.78, 5) is 10.8. The van der Waals surface area contributed by atoms with Crippen LogP contribution in [0.1, 0.15) is 0 Å². The fourth-order valence-corrected chi connectivity index (χ4v) is 1.05. The van der Waals surface area contributed by atoms with Gasteiger partial charge in [0.2, 0.25) is 0 Å². The molecule has 1 rings (SSSR count). The van der Waals surface area contributed by atoms with Crippen LogP contribution in [-0.2, 0) is 4.79 Å². The third-order valence-corrected chi connectivity index (χ3v) is 1.88. The SMILES string of the molecule is N=C(/C=C(\Nc1ccccc1)C(=O)O)C(F)(F)F. The lowest BCUT2D eigenvalue weighted by Crippen LogP contribution is -2.22. The summed E-state index contributed by atoms with van der Waals surface area (Å²) in [5.41, 5.74) is -2.13. The molecule has 0 saturated carbocycles. The van der Waals surface area contributed by atoms with Crippen molar-refractivity contribution < 1.29 is 23.1 Å². The van der Waals surface area contributed by atoms with E-state index < -0.39 is 23.6 Å². The first kappa shape index (κ1) is 13.8. The highest BCUT2D eigenvalue weighted by atomic mass is 19.4. The molecule has 0 fully saturated rings. The first-order valence-corrected chi connectivity index (χ1v) is 4.73. The fraction of sp³-hybridized carbons (Fsp3) is 0.0909. The number of allylic oxidation sites excluding steroid dienone is 1. The van der Waals surface area contributed by atoms with E-state index in [1.165, 1.54) is 12.1 Å². The number of carboxylic acid groups (broad SMARTS) is 1. The van der Waals surface area contributed by atoms with E-state index in [4.69, 9.17) is 10.5 Å². The minimum Gasteiger partial charge on any atom is -0.477 e. The van der Waals surface area contributed by atoms with Crippen molar-refractivity contribution >= 4 is 17.4 Å². The fourth-order valence-electron chi connectivity index (χ4n) is 1.05. The van der Waals surface area contributed by atoms with Crippen LogP contribution in [-0.4, -0.2) is 23.0 Å². The van der Waals surface area contributed by atoms with Crippen LogP contribution in [0.4, 0.5) is 18.9 Å². The molecule has 0 spiro atoms. The van der Waals surface area contributed by atoms with Gasteiger partial charge in [-0.3, -0.25) is 5.41 Å². The van der Waals surface area contributed by atoms with E-state index >= 15 is 0 Å². The van der Waals surface area contributed by atoms with Crippen LogP contribution in [0, 0.1) is 5.41 Å². The maximum Gasteiger partial charge on any atom is 0.432 e. The number of aliphatic carboxylic acids is 1. The normalized spacial score (nSPS) is 12.1. The van der Waals surface area contributed by atoms with Crippen molar-refractivity contribution in [3.63, 3.8) is 0 Å². The Labute approximate surface area is 100 Å². The summed E-state index contributed by atoms with van der Waals surface area (Å²) < 4.78 is 36.4. The summed E-state index contributed by atoms with van der Waals surface area (Å²) in [5.74, 6) is -1.58. The van der Waals surface area contributed by atoms with Gasteiger partial charge in [-0.05, 0) is 18.2 Å². The highest BCUT2D eigenvalue weighted by molar-refractivity contribution is 6.04. The zero-order chi connectivity index (χ0) is 13.8. The van der Waals surface area contributed by atoms with Crippen LogP contribution < -0.4 is 5.32 Å². The molecule has 3 N–H and O–H groups in total. The molecule has 0 radical (unpaired) electrons. The largest absolute Gasteiger partial charge is 0.477 e. The highest BCUT2D eigenvalue weighted by Crippen LogP contribution is 2.18. The summed E-state index contributed by atoms with van der Waals surface area (Å²) >= 11 is 0. The van der Waals surface area contributed by atoms with Crippen LogP contribution in [0.3, 0.4) is 0 Å². The maximum atomic E-state index is 12.1. The lowest BCUT2D eigenvalue weighted by molar-refractivity contribution is -0.132. The first-order chi connectivity index (χ1) is 8.30. The third-order valence-electron chi connectivity index (χ3n) is 1.88. The third kappa shape index (κ3) is 3.93. The second kappa shape index (κ2) is 5.35. The molecule has 1 aromatic carbocycles. The van der Waals surface area contributed by atoms with E-state index in [1.807, 2.05) is 0 Å². The van der Waals surface area contributed by atoms with Crippen LogP contribution in [0.5, 0.6) is 0 Å². The number of nitrogens with one attached hydrogen (secondary N) is 2. The van der Waals surface area contributed by atoms with Gasteiger partial charge in [-0.25, -0.2) is 4.79 Å². The molecule has 0 unspecified atom stereocenters. The Balaban J connectivity index is 2.95. The molecule has 4 nitrogen and oxygen atoms in total. The molecule has 0 amide bonds. The monoisotopic (exact) mass is 258 g/mol. The van der Waals surface area contributed by atoms with E-state index in [0.29, 0.717) is 5.69 Å². The Bertz CT molecular complexity index is 481. The zero-order valence-corrected chi connectivity index (χ0v) is 8.95. The van der Waals surface area contributed by atoms with Gasteiger partial charge in [0.1, 0.15) is 11.4 Å². The van der Waals surface area contributed by atoms with Gasteiger partial charge >= 0.3 is 12.1 Å². The Hall–Kier alpha value is -2.31.